The average molecular weight is 383 g/mol. The summed E-state index contributed by atoms with van der Waals surface area (Å²) in [7, 11) is 1.61. The van der Waals surface area contributed by atoms with Crippen molar-refractivity contribution >= 4 is 33.8 Å². The Labute approximate surface area is 162 Å². The van der Waals surface area contributed by atoms with Crippen LogP contribution in [0.15, 0.2) is 48.5 Å². The molecule has 7 heteroatoms. The largest absolute Gasteiger partial charge is 0.495 e. The third-order valence-corrected chi connectivity index (χ3v) is 4.85. The number of nitrogens with zero attached hydrogens (tertiary/aromatic N) is 1. The van der Waals surface area contributed by atoms with Gasteiger partial charge in [0.2, 0.25) is 0 Å². The van der Waals surface area contributed by atoms with Gasteiger partial charge in [0.15, 0.2) is 5.13 Å². The predicted molar refractivity (Wildman–Crippen MR) is 109 cm³/mol. The van der Waals surface area contributed by atoms with Crippen molar-refractivity contribution in [3.63, 3.8) is 0 Å². The number of nitrogens with one attached hydrogen (secondary N) is 2. The van der Waals surface area contributed by atoms with Gasteiger partial charge in [-0.05, 0) is 50.2 Å². The lowest BCUT2D eigenvalue weighted by Gasteiger charge is -2.08. The first-order valence-electron chi connectivity index (χ1n) is 8.52. The molecule has 1 aromatic heterocycles. The molecule has 27 heavy (non-hydrogen) atoms. The molecule has 0 fully saturated rings. The normalized spacial score (nSPS) is 10.3. The molecule has 0 radical (unpaired) electrons. The van der Waals surface area contributed by atoms with Gasteiger partial charge in [0, 0.05) is 5.69 Å². The van der Waals surface area contributed by atoms with E-state index >= 15 is 0 Å². The summed E-state index contributed by atoms with van der Waals surface area (Å²) in [5.41, 5.74) is 2.17. The van der Waals surface area contributed by atoms with E-state index in [4.69, 9.17) is 9.47 Å². The molecule has 0 saturated heterocycles. The average Bonchev–Trinajstić information content (AvgIpc) is 3.04. The van der Waals surface area contributed by atoms with Crippen molar-refractivity contribution in [2.45, 2.75) is 13.8 Å². The highest BCUT2D eigenvalue weighted by atomic mass is 32.1. The van der Waals surface area contributed by atoms with Gasteiger partial charge in [-0.15, -0.1) is 0 Å². The zero-order chi connectivity index (χ0) is 19.2. The topological polar surface area (TPSA) is 72.5 Å². The van der Waals surface area contributed by atoms with Crippen LogP contribution in [-0.4, -0.2) is 24.6 Å². The highest BCUT2D eigenvalue weighted by Crippen LogP contribution is 2.31. The summed E-state index contributed by atoms with van der Waals surface area (Å²) in [5, 5.41) is 6.74. The van der Waals surface area contributed by atoms with Gasteiger partial charge in [-0.3, -0.25) is 4.79 Å². The van der Waals surface area contributed by atoms with Crippen molar-refractivity contribution in [1.29, 1.82) is 0 Å². The Bertz CT molecular complexity index is 922. The second-order valence-electron chi connectivity index (χ2n) is 5.67. The summed E-state index contributed by atoms with van der Waals surface area (Å²) < 4.78 is 10.7. The fourth-order valence-electron chi connectivity index (χ4n) is 2.51. The molecule has 1 heterocycles. The van der Waals surface area contributed by atoms with Crippen LogP contribution in [-0.2, 0) is 0 Å². The molecule has 0 saturated carbocycles. The van der Waals surface area contributed by atoms with Crippen molar-refractivity contribution < 1.29 is 14.3 Å². The monoisotopic (exact) mass is 383 g/mol. The molecule has 0 aliphatic rings. The lowest BCUT2D eigenvalue weighted by Crippen LogP contribution is -2.11. The van der Waals surface area contributed by atoms with E-state index in [9.17, 15) is 4.79 Å². The van der Waals surface area contributed by atoms with Gasteiger partial charge < -0.3 is 20.1 Å². The molecule has 1 amide bonds. The van der Waals surface area contributed by atoms with Gasteiger partial charge in [-0.25, -0.2) is 4.98 Å². The zero-order valence-corrected chi connectivity index (χ0v) is 16.2. The standard InChI is InChI=1S/C20H21N3O3S/c1-4-26-15-11-9-14(10-12-15)22-19(24)18-13(2)21-20(27-18)23-16-7-5-6-8-17(16)25-3/h5-12H,4H2,1-3H3,(H,21,23)(H,22,24). The first-order chi connectivity index (χ1) is 13.1. The van der Waals surface area contributed by atoms with Gasteiger partial charge in [-0.1, -0.05) is 23.5 Å². The highest BCUT2D eigenvalue weighted by Gasteiger charge is 2.16. The summed E-state index contributed by atoms with van der Waals surface area (Å²) in [4.78, 5) is 17.6. The third kappa shape index (κ3) is 4.57. The fourth-order valence-corrected chi connectivity index (χ4v) is 3.39. The summed E-state index contributed by atoms with van der Waals surface area (Å²) >= 11 is 1.30. The van der Waals surface area contributed by atoms with Crippen molar-refractivity contribution in [2.24, 2.45) is 0 Å². The van der Waals surface area contributed by atoms with Gasteiger partial charge in [0.25, 0.3) is 5.91 Å². The van der Waals surface area contributed by atoms with Crippen LogP contribution < -0.4 is 20.1 Å². The van der Waals surface area contributed by atoms with Crippen LogP contribution in [0.5, 0.6) is 11.5 Å². The van der Waals surface area contributed by atoms with Gasteiger partial charge in [0.05, 0.1) is 25.1 Å². The number of anilines is 3. The van der Waals surface area contributed by atoms with Crippen molar-refractivity contribution in [2.75, 3.05) is 24.4 Å². The predicted octanol–water partition coefficient (Wildman–Crippen LogP) is 4.85. The summed E-state index contributed by atoms with van der Waals surface area (Å²) in [5.74, 6) is 1.29. The number of benzene rings is 2. The molecular weight excluding hydrogens is 362 g/mol. The second kappa shape index (κ2) is 8.55. The minimum atomic E-state index is -0.192. The molecule has 2 N–H and O–H groups in total. The van der Waals surface area contributed by atoms with Crippen LogP contribution in [0.2, 0.25) is 0 Å². The van der Waals surface area contributed by atoms with Crippen molar-refractivity contribution in [3.8, 4) is 11.5 Å². The summed E-state index contributed by atoms with van der Waals surface area (Å²) in [6.07, 6.45) is 0. The first kappa shape index (κ1) is 18.7. The third-order valence-electron chi connectivity index (χ3n) is 3.77. The maximum atomic E-state index is 12.6. The second-order valence-corrected chi connectivity index (χ2v) is 6.67. The number of methoxy groups -OCH3 is 1. The summed E-state index contributed by atoms with van der Waals surface area (Å²) in [6, 6.07) is 14.8. The molecule has 0 spiro atoms. The van der Waals surface area contributed by atoms with Crippen LogP contribution in [0, 0.1) is 6.92 Å². The maximum absolute atomic E-state index is 12.6. The van der Waals surface area contributed by atoms with E-state index in [0.29, 0.717) is 33.7 Å². The molecule has 3 aromatic rings. The van der Waals surface area contributed by atoms with Crippen LogP contribution in [0.3, 0.4) is 0 Å². The van der Waals surface area contributed by atoms with Crippen molar-refractivity contribution in [1.82, 2.24) is 4.98 Å². The Hall–Kier alpha value is -3.06. The Morgan fingerprint density at radius 3 is 2.59 bits per heavy atom. The van der Waals surface area contributed by atoms with Crippen LogP contribution in [0.4, 0.5) is 16.5 Å². The molecule has 0 bridgehead atoms. The van der Waals surface area contributed by atoms with Crippen LogP contribution in [0.25, 0.3) is 0 Å². The number of aryl methyl sites for hydroxylation is 1. The number of hydrogen-bond acceptors (Lipinski definition) is 6. The van der Waals surface area contributed by atoms with Crippen LogP contribution in [0.1, 0.15) is 22.3 Å². The smallest absolute Gasteiger partial charge is 0.267 e. The van der Waals surface area contributed by atoms with E-state index in [0.717, 1.165) is 11.4 Å². The quantitative estimate of drug-likeness (QED) is 0.610. The van der Waals surface area contributed by atoms with E-state index in [-0.39, 0.29) is 5.91 Å². The minimum Gasteiger partial charge on any atom is -0.495 e. The SMILES string of the molecule is CCOc1ccc(NC(=O)c2sc(Nc3ccccc3OC)nc2C)cc1. The molecule has 0 aliphatic heterocycles. The molecule has 6 nitrogen and oxygen atoms in total. The number of rotatable bonds is 7. The molecule has 0 atom stereocenters. The number of thiazole rings is 1. The number of carbonyl (C=O) groups excluding carboxylic acids is 1. The molecule has 0 aliphatic carbocycles. The highest BCUT2D eigenvalue weighted by molar-refractivity contribution is 7.17. The maximum Gasteiger partial charge on any atom is 0.267 e. The van der Waals surface area contributed by atoms with Gasteiger partial charge >= 0.3 is 0 Å². The van der Waals surface area contributed by atoms with E-state index in [1.54, 1.807) is 7.11 Å². The number of amides is 1. The Kier molecular flexibility index (Phi) is 5.93. The molecule has 2 aromatic carbocycles. The molecule has 3 rings (SSSR count). The van der Waals surface area contributed by atoms with E-state index < -0.39 is 0 Å². The number of carbonyl (C=O) groups is 1. The molecule has 0 unspecified atom stereocenters. The number of aromatic nitrogens is 1. The number of hydrogen-bond donors (Lipinski definition) is 2. The lowest BCUT2D eigenvalue weighted by atomic mass is 10.3. The fraction of sp³-hybridized carbons (Fsp3) is 0.200. The Morgan fingerprint density at radius 1 is 1.15 bits per heavy atom. The number of para-hydroxylation sites is 2. The minimum absolute atomic E-state index is 0.192. The van der Waals surface area contributed by atoms with E-state index in [1.807, 2.05) is 62.4 Å². The van der Waals surface area contributed by atoms with Crippen molar-refractivity contribution in [3.05, 3.63) is 59.1 Å². The van der Waals surface area contributed by atoms with Gasteiger partial charge in [0.1, 0.15) is 16.4 Å². The number of ether oxygens (including phenoxy) is 2. The van der Waals surface area contributed by atoms with E-state index in [2.05, 4.69) is 15.6 Å². The Morgan fingerprint density at radius 2 is 1.89 bits per heavy atom. The molecule has 140 valence electrons. The van der Waals surface area contributed by atoms with Crippen LogP contribution >= 0.6 is 11.3 Å². The Balaban J connectivity index is 1.72. The van der Waals surface area contributed by atoms with Gasteiger partial charge in [-0.2, -0.15) is 0 Å². The summed E-state index contributed by atoms with van der Waals surface area (Å²) in [6.45, 7) is 4.35. The zero-order valence-electron chi connectivity index (χ0n) is 15.4. The lowest BCUT2D eigenvalue weighted by molar-refractivity contribution is 0.103. The first-order valence-corrected chi connectivity index (χ1v) is 9.34. The molecular formula is C20H21N3O3S. The van der Waals surface area contributed by atoms with E-state index in [1.165, 1.54) is 11.3 Å².